The Balaban J connectivity index is 2.00. The molecule has 132 valence electrons. The van der Waals surface area contributed by atoms with Gasteiger partial charge >= 0.3 is 5.97 Å². The predicted molar refractivity (Wildman–Crippen MR) is 91.6 cm³/mol. The van der Waals surface area contributed by atoms with Gasteiger partial charge in [0, 0.05) is 23.5 Å². The lowest BCUT2D eigenvalue weighted by Gasteiger charge is -2.10. The second kappa shape index (κ2) is 7.61. The first-order chi connectivity index (χ1) is 11.8. The number of rotatable bonds is 6. The molecule has 8 heteroatoms. The number of hydrogen-bond acceptors (Lipinski definition) is 4. The fourth-order valence-corrected chi connectivity index (χ4v) is 1.99. The minimum atomic E-state index is -1.11. The van der Waals surface area contributed by atoms with E-state index in [-0.39, 0.29) is 11.9 Å². The predicted octanol–water partition coefficient (Wildman–Crippen LogP) is 1.92. The molecule has 0 aliphatic heterocycles. The molecule has 2 amide bonds. The monoisotopic (exact) mass is 344 g/mol. The van der Waals surface area contributed by atoms with Gasteiger partial charge in [-0.25, -0.2) is 0 Å². The van der Waals surface area contributed by atoms with Crippen LogP contribution in [0.2, 0.25) is 0 Å². The molecule has 1 aromatic carbocycles. The maximum atomic E-state index is 12.2. The summed E-state index contributed by atoms with van der Waals surface area (Å²) < 4.78 is 1.69. The van der Waals surface area contributed by atoms with E-state index in [4.69, 9.17) is 5.11 Å². The Morgan fingerprint density at radius 3 is 2.20 bits per heavy atom. The van der Waals surface area contributed by atoms with Crippen molar-refractivity contribution in [2.45, 2.75) is 32.9 Å². The van der Waals surface area contributed by atoms with Gasteiger partial charge in [0.15, 0.2) is 5.69 Å². The molecule has 1 atom stereocenters. The standard InChI is InChI=1S/C17H20N4O4/c1-10(2)21-9-8-14(20-21)16(23)19-13-6-4-12(5-7-13)15(22)18-11(3)17(24)25/h4-11H,1-3H3,(H,18,22)(H,19,23)(H,24,25). The van der Waals surface area contributed by atoms with E-state index in [2.05, 4.69) is 15.7 Å². The molecule has 0 saturated heterocycles. The molecule has 0 bridgehead atoms. The number of benzene rings is 1. The van der Waals surface area contributed by atoms with Gasteiger partial charge in [0.2, 0.25) is 0 Å². The summed E-state index contributed by atoms with van der Waals surface area (Å²) in [5.41, 5.74) is 1.10. The minimum Gasteiger partial charge on any atom is -0.480 e. The molecular formula is C17H20N4O4. The van der Waals surface area contributed by atoms with E-state index in [1.165, 1.54) is 19.1 Å². The van der Waals surface area contributed by atoms with Crippen LogP contribution >= 0.6 is 0 Å². The van der Waals surface area contributed by atoms with Crippen molar-refractivity contribution in [1.82, 2.24) is 15.1 Å². The van der Waals surface area contributed by atoms with E-state index in [0.29, 0.717) is 16.9 Å². The molecule has 25 heavy (non-hydrogen) atoms. The Kier molecular flexibility index (Phi) is 5.53. The van der Waals surface area contributed by atoms with Crippen molar-refractivity contribution in [1.29, 1.82) is 0 Å². The second-order valence-electron chi connectivity index (χ2n) is 5.84. The zero-order valence-electron chi connectivity index (χ0n) is 14.2. The summed E-state index contributed by atoms with van der Waals surface area (Å²) in [6.45, 7) is 5.30. The van der Waals surface area contributed by atoms with Gasteiger partial charge < -0.3 is 15.7 Å². The zero-order chi connectivity index (χ0) is 18.6. The van der Waals surface area contributed by atoms with E-state index in [1.807, 2.05) is 13.8 Å². The zero-order valence-corrected chi connectivity index (χ0v) is 14.2. The second-order valence-corrected chi connectivity index (χ2v) is 5.84. The van der Waals surface area contributed by atoms with E-state index >= 15 is 0 Å². The van der Waals surface area contributed by atoms with Crippen molar-refractivity contribution >= 4 is 23.5 Å². The summed E-state index contributed by atoms with van der Waals surface area (Å²) in [6.07, 6.45) is 1.73. The van der Waals surface area contributed by atoms with Crippen LogP contribution < -0.4 is 10.6 Å². The molecule has 2 rings (SSSR count). The highest BCUT2D eigenvalue weighted by molar-refractivity contribution is 6.03. The van der Waals surface area contributed by atoms with Crippen LogP contribution in [-0.2, 0) is 4.79 Å². The largest absolute Gasteiger partial charge is 0.480 e. The number of nitrogens with zero attached hydrogens (tertiary/aromatic N) is 2. The van der Waals surface area contributed by atoms with Gasteiger partial charge in [0.1, 0.15) is 6.04 Å². The molecule has 3 N–H and O–H groups in total. The van der Waals surface area contributed by atoms with Crippen molar-refractivity contribution in [2.24, 2.45) is 0 Å². The number of aromatic nitrogens is 2. The molecule has 0 saturated carbocycles. The topological polar surface area (TPSA) is 113 Å². The van der Waals surface area contributed by atoms with Crippen LogP contribution in [0.1, 0.15) is 47.7 Å². The SMILES string of the molecule is CC(NC(=O)c1ccc(NC(=O)c2ccn(C(C)C)n2)cc1)C(=O)O. The number of carbonyl (C=O) groups is 3. The van der Waals surface area contributed by atoms with Gasteiger partial charge in [-0.1, -0.05) is 0 Å². The molecule has 8 nitrogen and oxygen atoms in total. The fourth-order valence-electron chi connectivity index (χ4n) is 1.99. The molecular weight excluding hydrogens is 324 g/mol. The lowest BCUT2D eigenvalue weighted by molar-refractivity contribution is -0.138. The van der Waals surface area contributed by atoms with Crippen molar-refractivity contribution in [2.75, 3.05) is 5.32 Å². The van der Waals surface area contributed by atoms with Crippen molar-refractivity contribution in [3.63, 3.8) is 0 Å². The van der Waals surface area contributed by atoms with Crippen LogP contribution in [0.3, 0.4) is 0 Å². The lowest BCUT2D eigenvalue weighted by atomic mass is 10.2. The summed E-state index contributed by atoms with van der Waals surface area (Å²) in [5, 5.41) is 18.0. The molecule has 0 fully saturated rings. The van der Waals surface area contributed by atoms with Crippen LogP contribution in [0, 0.1) is 0 Å². The molecule has 0 spiro atoms. The van der Waals surface area contributed by atoms with Crippen molar-refractivity contribution < 1.29 is 19.5 Å². The smallest absolute Gasteiger partial charge is 0.325 e. The fraction of sp³-hybridized carbons (Fsp3) is 0.294. The average molecular weight is 344 g/mol. The van der Waals surface area contributed by atoms with E-state index < -0.39 is 17.9 Å². The first-order valence-electron chi connectivity index (χ1n) is 7.78. The van der Waals surface area contributed by atoms with Gasteiger partial charge in [-0.3, -0.25) is 19.1 Å². The maximum Gasteiger partial charge on any atom is 0.325 e. The minimum absolute atomic E-state index is 0.160. The van der Waals surface area contributed by atoms with Crippen LogP contribution in [0.5, 0.6) is 0 Å². The van der Waals surface area contributed by atoms with Gasteiger partial charge in [0.25, 0.3) is 11.8 Å². The third kappa shape index (κ3) is 4.66. The molecule has 0 aliphatic carbocycles. The summed E-state index contributed by atoms with van der Waals surface area (Å²) in [5.74, 6) is -1.96. The molecule has 2 aromatic rings. The maximum absolute atomic E-state index is 12.2. The highest BCUT2D eigenvalue weighted by Crippen LogP contribution is 2.12. The number of anilines is 1. The molecule has 0 aliphatic rings. The summed E-state index contributed by atoms with van der Waals surface area (Å²) in [7, 11) is 0. The molecule has 0 radical (unpaired) electrons. The Morgan fingerprint density at radius 2 is 1.68 bits per heavy atom. The number of carboxylic acid groups (broad SMARTS) is 1. The van der Waals surface area contributed by atoms with Gasteiger partial charge in [-0.05, 0) is 51.1 Å². The highest BCUT2D eigenvalue weighted by atomic mass is 16.4. The van der Waals surface area contributed by atoms with Crippen molar-refractivity contribution in [3.05, 3.63) is 47.8 Å². The third-order valence-electron chi connectivity index (χ3n) is 3.49. The number of hydrogen-bond donors (Lipinski definition) is 3. The molecule has 1 heterocycles. The first kappa shape index (κ1) is 18.2. The Hall–Kier alpha value is -3.16. The van der Waals surface area contributed by atoms with Gasteiger partial charge in [-0.15, -0.1) is 0 Å². The Labute approximate surface area is 144 Å². The number of nitrogens with one attached hydrogen (secondary N) is 2. The Bertz CT molecular complexity index is 780. The van der Waals surface area contributed by atoms with Crippen LogP contribution in [0.15, 0.2) is 36.5 Å². The summed E-state index contributed by atoms with van der Waals surface area (Å²) >= 11 is 0. The van der Waals surface area contributed by atoms with E-state index in [0.717, 1.165) is 0 Å². The van der Waals surface area contributed by atoms with Gasteiger partial charge in [-0.2, -0.15) is 5.10 Å². The number of aliphatic carboxylic acids is 1. The average Bonchev–Trinajstić information content (AvgIpc) is 3.05. The number of carbonyl (C=O) groups excluding carboxylic acids is 2. The first-order valence-corrected chi connectivity index (χ1v) is 7.78. The van der Waals surface area contributed by atoms with Crippen molar-refractivity contribution in [3.8, 4) is 0 Å². The van der Waals surface area contributed by atoms with Gasteiger partial charge in [0.05, 0.1) is 0 Å². The number of amides is 2. The highest BCUT2D eigenvalue weighted by Gasteiger charge is 2.15. The molecule has 1 aromatic heterocycles. The van der Waals surface area contributed by atoms with Crippen LogP contribution in [-0.4, -0.2) is 38.7 Å². The normalized spacial score (nSPS) is 11.8. The van der Waals surface area contributed by atoms with Crippen LogP contribution in [0.4, 0.5) is 5.69 Å². The quantitative estimate of drug-likeness (QED) is 0.741. The summed E-state index contributed by atoms with van der Waals surface area (Å²) in [4.78, 5) is 34.8. The van der Waals surface area contributed by atoms with E-state index in [1.54, 1.807) is 29.1 Å². The lowest BCUT2D eigenvalue weighted by Crippen LogP contribution is -2.38. The number of carboxylic acids is 1. The molecule has 1 unspecified atom stereocenters. The third-order valence-corrected chi connectivity index (χ3v) is 3.49. The summed E-state index contributed by atoms with van der Waals surface area (Å²) in [6, 6.07) is 6.95. The van der Waals surface area contributed by atoms with Crippen LogP contribution in [0.25, 0.3) is 0 Å². The van der Waals surface area contributed by atoms with E-state index in [9.17, 15) is 14.4 Å². The Morgan fingerprint density at radius 1 is 1.04 bits per heavy atom.